The average Bonchev–Trinajstić information content (AvgIpc) is 2.57. The standard InChI is InChI=1S/C18H20ClN3O2/c1-13-5-7-15(8-6-13)24-18(23)22-11-10-21(12-14(22)2)17-16(19)4-3-9-20-17/h3-9,14H,10-12H2,1-2H3/t14-/m1/s1. The van der Waals surface area contributed by atoms with E-state index in [4.69, 9.17) is 16.3 Å². The van der Waals surface area contributed by atoms with Gasteiger partial charge in [0.2, 0.25) is 0 Å². The zero-order chi connectivity index (χ0) is 17.1. The Morgan fingerprint density at radius 1 is 1.25 bits per heavy atom. The number of carbonyl (C=O) groups excluding carboxylic acids is 1. The number of aryl methyl sites for hydroxylation is 1. The Balaban J connectivity index is 1.64. The third-order valence-electron chi connectivity index (χ3n) is 4.13. The minimum atomic E-state index is -0.321. The molecule has 1 amide bonds. The zero-order valence-corrected chi connectivity index (χ0v) is 14.5. The summed E-state index contributed by atoms with van der Waals surface area (Å²) in [4.78, 5) is 20.6. The minimum absolute atomic E-state index is 0.00905. The van der Waals surface area contributed by atoms with E-state index in [0.717, 1.165) is 11.4 Å². The molecule has 3 rings (SSSR count). The van der Waals surface area contributed by atoms with E-state index in [1.54, 1.807) is 11.1 Å². The maximum Gasteiger partial charge on any atom is 0.415 e. The van der Waals surface area contributed by atoms with Crippen molar-refractivity contribution in [1.29, 1.82) is 0 Å². The number of anilines is 1. The Morgan fingerprint density at radius 2 is 2.00 bits per heavy atom. The maximum atomic E-state index is 12.4. The topological polar surface area (TPSA) is 45.7 Å². The summed E-state index contributed by atoms with van der Waals surface area (Å²) >= 11 is 6.21. The molecular formula is C18H20ClN3O2. The molecule has 1 fully saturated rings. The number of carbonyl (C=O) groups is 1. The summed E-state index contributed by atoms with van der Waals surface area (Å²) in [7, 11) is 0. The largest absolute Gasteiger partial charge is 0.415 e. The van der Waals surface area contributed by atoms with Crippen LogP contribution in [0.15, 0.2) is 42.6 Å². The Hall–Kier alpha value is -2.27. The number of rotatable bonds is 2. The second-order valence-corrected chi connectivity index (χ2v) is 6.39. The van der Waals surface area contributed by atoms with Crippen LogP contribution in [-0.4, -0.2) is 41.7 Å². The molecule has 5 nitrogen and oxygen atoms in total. The van der Waals surface area contributed by atoms with E-state index < -0.39 is 0 Å². The van der Waals surface area contributed by atoms with Crippen molar-refractivity contribution in [2.24, 2.45) is 0 Å². The van der Waals surface area contributed by atoms with Crippen LogP contribution in [0.2, 0.25) is 5.02 Å². The number of piperazine rings is 1. The molecule has 1 atom stereocenters. The van der Waals surface area contributed by atoms with E-state index in [2.05, 4.69) is 9.88 Å². The molecule has 6 heteroatoms. The van der Waals surface area contributed by atoms with Gasteiger partial charge in [0.15, 0.2) is 0 Å². The first-order valence-corrected chi connectivity index (χ1v) is 8.33. The molecule has 1 aromatic heterocycles. The van der Waals surface area contributed by atoms with Gasteiger partial charge in [0.25, 0.3) is 0 Å². The van der Waals surface area contributed by atoms with Gasteiger partial charge < -0.3 is 14.5 Å². The number of halogens is 1. The van der Waals surface area contributed by atoms with E-state index in [-0.39, 0.29) is 12.1 Å². The molecule has 1 aliphatic heterocycles. The molecule has 2 aromatic rings. The molecule has 0 aliphatic carbocycles. The van der Waals surface area contributed by atoms with Crippen molar-refractivity contribution in [1.82, 2.24) is 9.88 Å². The van der Waals surface area contributed by atoms with E-state index in [0.29, 0.717) is 30.4 Å². The molecule has 0 spiro atoms. The molecule has 24 heavy (non-hydrogen) atoms. The van der Waals surface area contributed by atoms with E-state index >= 15 is 0 Å². The fraction of sp³-hybridized carbons (Fsp3) is 0.333. The van der Waals surface area contributed by atoms with Gasteiger partial charge in [0.05, 0.1) is 5.02 Å². The minimum Gasteiger partial charge on any atom is -0.410 e. The Labute approximate surface area is 146 Å². The second kappa shape index (κ2) is 7.09. The highest BCUT2D eigenvalue weighted by Gasteiger charge is 2.30. The van der Waals surface area contributed by atoms with Crippen molar-refractivity contribution in [3.63, 3.8) is 0 Å². The van der Waals surface area contributed by atoms with Crippen LogP contribution >= 0.6 is 11.6 Å². The maximum absolute atomic E-state index is 12.4. The van der Waals surface area contributed by atoms with Gasteiger partial charge in [-0.15, -0.1) is 0 Å². The van der Waals surface area contributed by atoms with Crippen molar-refractivity contribution in [2.45, 2.75) is 19.9 Å². The highest BCUT2D eigenvalue weighted by atomic mass is 35.5. The third kappa shape index (κ3) is 3.62. The first kappa shape index (κ1) is 16.6. The van der Waals surface area contributed by atoms with Gasteiger partial charge in [-0.1, -0.05) is 29.3 Å². The molecule has 1 aromatic carbocycles. The number of benzene rings is 1. The summed E-state index contributed by atoms with van der Waals surface area (Å²) in [6.45, 7) is 5.90. The highest BCUT2D eigenvalue weighted by Crippen LogP contribution is 2.25. The molecule has 0 N–H and O–H groups in total. The molecule has 126 valence electrons. The smallest absolute Gasteiger partial charge is 0.410 e. The number of hydrogen-bond acceptors (Lipinski definition) is 4. The number of pyridine rings is 1. The van der Waals surface area contributed by atoms with Crippen molar-refractivity contribution in [2.75, 3.05) is 24.5 Å². The van der Waals surface area contributed by atoms with Crippen LogP contribution in [0.1, 0.15) is 12.5 Å². The van der Waals surface area contributed by atoms with Crippen LogP contribution in [-0.2, 0) is 0 Å². The fourth-order valence-corrected chi connectivity index (χ4v) is 3.04. The van der Waals surface area contributed by atoms with Gasteiger partial charge in [-0.05, 0) is 38.1 Å². The van der Waals surface area contributed by atoms with Crippen molar-refractivity contribution in [3.05, 3.63) is 53.2 Å². The molecule has 0 unspecified atom stereocenters. The lowest BCUT2D eigenvalue weighted by molar-refractivity contribution is 0.129. The lowest BCUT2D eigenvalue weighted by Gasteiger charge is -2.39. The lowest BCUT2D eigenvalue weighted by Crippen LogP contribution is -2.55. The normalized spacial score (nSPS) is 17.7. The SMILES string of the molecule is Cc1ccc(OC(=O)N2CCN(c3ncccc3Cl)C[C@H]2C)cc1. The molecule has 0 bridgehead atoms. The van der Waals surface area contributed by atoms with Gasteiger partial charge in [-0.2, -0.15) is 0 Å². The van der Waals surface area contributed by atoms with E-state index in [1.807, 2.05) is 50.2 Å². The first-order chi connectivity index (χ1) is 11.5. The Bertz CT molecular complexity index is 720. The van der Waals surface area contributed by atoms with Crippen molar-refractivity contribution in [3.8, 4) is 5.75 Å². The molecular weight excluding hydrogens is 326 g/mol. The summed E-state index contributed by atoms with van der Waals surface area (Å²) in [6.07, 6.45) is 1.40. The van der Waals surface area contributed by atoms with Gasteiger partial charge in [0, 0.05) is 31.9 Å². The predicted molar refractivity (Wildman–Crippen MR) is 94.8 cm³/mol. The zero-order valence-electron chi connectivity index (χ0n) is 13.8. The second-order valence-electron chi connectivity index (χ2n) is 5.98. The molecule has 0 saturated carbocycles. The number of hydrogen-bond donors (Lipinski definition) is 0. The first-order valence-electron chi connectivity index (χ1n) is 7.95. The highest BCUT2D eigenvalue weighted by molar-refractivity contribution is 6.32. The Morgan fingerprint density at radius 3 is 2.67 bits per heavy atom. The summed E-state index contributed by atoms with van der Waals surface area (Å²) < 4.78 is 5.47. The van der Waals surface area contributed by atoms with Gasteiger partial charge in [0.1, 0.15) is 11.6 Å². The Kier molecular flexibility index (Phi) is 4.90. The van der Waals surface area contributed by atoms with E-state index in [9.17, 15) is 4.79 Å². The quantitative estimate of drug-likeness (QED) is 0.831. The van der Waals surface area contributed by atoms with Crippen molar-refractivity contribution < 1.29 is 9.53 Å². The van der Waals surface area contributed by atoms with Gasteiger partial charge in [-0.3, -0.25) is 0 Å². The third-order valence-corrected chi connectivity index (χ3v) is 4.42. The van der Waals surface area contributed by atoms with Crippen LogP contribution < -0.4 is 9.64 Å². The van der Waals surface area contributed by atoms with Crippen molar-refractivity contribution >= 4 is 23.5 Å². The van der Waals surface area contributed by atoms with Crippen LogP contribution in [0.5, 0.6) is 5.75 Å². The number of aromatic nitrogens is 1. The van der Waals surface area contributed by atoms with Gasteiger partial charge in [-0.25, -0.2) is 9.78 Å². The summed E-state index contributed by atoms with van der Waals surface area (Å²) in [5.41, 5.74) is 1.13. The lowest BCUT2D eigenvalue weighted by atomic mass is 10.2. The number of amides is 1. The summed E-state index contributed by atoms with van der Waals surface area (Å²) in [6, 6.07) is 11.1. The van der Waals surface area contributed by atoms with Crippen LogP contribution in [0.25, 0.3) is 0 Å². The van der Waals surface area contributed by atoms with Crippen LogP contribution in [0.4, 0.5) is 10.6 Å². The van der Waals surface area contributed by atoms with E-state index in [1.165, 1.54) is 0 Å². The van der Waals surface area contributed by atoms with Crippen LogP contribution in [0.3, 0.4) is 0 Å². The molecule has 0 radical (unpaired) electrons. The number of nitrogens with zero attached hydrogens (tertiary/aromatic N) is 3. The fourth-order valence-electron chi connectivity index (χ4n) is 2.80. The van der Waals surface area contributed by atoms with Crippen LogP contribution in [0, 0.1) is 6.92 Å². The monoisotopic (exact) mass is 345 g/mol. The molecule has 2 heterocycles. The molecule has 1 aliphatic rings. The molecule has 1 saturated heterocycles. The average molecular weight is 346 g/mol. The predicted octanol–water partition coefficient (Wildman–Crippen LogP) is 3.75. The summed E-state index contributed by atoms with van der Waals surface area (Å²) in [5.74, 6) is 1.32. The number of ether oxygens (including phenoxy) is 1. The summed E-state index contributed by atoms with van der Waals surface area (Å²) in [5, 5.41) is 0.625. The van der Waals surface area contributed by atoms with Gasteiger partial charge >= 0.3 is 6.09 Å².